The summed E-state index contributed by atoms with van der Waals surface area (Å²) in [5, 5.41) is 6.98. The SMILES string of the molecule is S=c1ccc(-c2ccc(Oc3ccccc3)cc2)n[nH]1. The maximum absolute atomic E-state index is 5.74. The highest BCUT2D eigenvalue weighted by atomic mass is 32.1. The van der Waals surface area contributed by atoms with Gasteiger partial charge in [0.05, 0.1) is 5.69 Å². The molecule has 0 unspecified atom stereocenters. The third kappa shape index (κ3) is 2.92. The van der Waals surface area contributed by atoms with Gasteiger partial charge in [0.2, 0.25) is 0 Å². The Morgan fingerprint density at radius 2 is 1.50 bits per heavy atom. The summed E-state index contributed by atoms with van der Waals surface area (Å²) in [6, 6.07) is 21.2. The number of aromatic nitrogens is 2. The predicted molar refractivity (Wildman–Crippen MR) is 81.4 cm³/mol. The van der Waals surface area contributed by atoms with Gasteiger partial charge in [0.1, 0.15) is 16.1 Å². The summed E-state index contributed by atoms with van der Waals surface area (Å²) >= 11 is 4.98. The molecular formula is C16H12N2OS. The lowest BCUT2D eigenvalue weighted by molar-refractivity contribution is 0.483. The number of H-pyrrole nitrogens is 1. The van der Waals surface area contributed by atoms with E-state index in [2.05, 4.69) is 10.2 Å². The molecule has 0 amide bonds. The van der Waals surface area contributed by atoms with E-state index >= 15 is 0 Å². The number of nitrogens with one attached hydrogen (secondary N) is 1. The van der Waals surface area contributed by atoms with E-state index < -0.39 is 0 Å². The Morgan fingerprint density at radius 3 is 2.15 bits per heavy atom. The van der Waals surface area contributed by atoms with Crippen LogP contribution in [0.2, 0.25) is 0 Å². The van der Waals surface area contributed by atoms with E-state index in [0.717, 1.165) is 22.8 Å². The third-order valence-electron chi connectivity index (χ3n) is 2.81. The summed E-state index contributed by atoms with van der Waals surface area (Å²) in [7, 11) is 0. The van der Waals surface area contributed by atoms with Crippen molar-refractivity contribution in [2.45, 2.75) is 0 Å². The number of ether oxygens (including phenoxy) is 1. The van der Waals surface area contributed by atoms with Crippen LogP contribution >= 0.6 is 12.2 Å². The standard InChI is InChI=1S/C16H12N2OS/c20-16-11-10-15(17-18-16)12-6-8-14(9-7-12)19-13-4-2-1-3-5-13/h1-11H,(H,18,20). The highest BCUT2D eigenvalue weighted by Crippen LogP contribution is 2.24. The van der Waals surface area contributed by atoms with Gasteiger partial charge in [0.25, 0.3) is 0 Å². The Bertz CT molecular complexity index is 731. The molecular weight excluding hydrogens is 268 g/mol. The number of para-hydroxylation sites is 1. The normalized spacial score (nSPS) is 10.2. The lowest BCUT2D eigenvalue weighted by Crippen LogP contribution is -1.88. The van der Waals surface area contributed by atoms with Crippen LogP contribution in [0.15, 0.2) is 66.7 Å². The average molecular weight is 280 g/mol. The molecule has 0 spiro atoms. The maximum Gasteiger partial charge on any atom is 0.127 e. The van der Waals surface area contributed by atoms with Crippen molar-refractivity contribution in [2.24, 2.45) is 0 Å². The minimum absolute atomic E-state index is 0.623. The van der Waals surface area contributed by atoms with Gasteiger partial charge < -0.3 is 4.74 Å². The molecule has 0 aliphatic heterocycles. The fourth-order valence-corrected chi connectivity index (χ4v) is 1.94. The van der Waals surface area contributed by atoms with E-state index in [4.69, 9.17) is 17.0 Å². The monoisotopic (exact) mass is 280 g/mol. The van der Waals surface area contributed by atoms with Gasteiger partial charge in [0.15, 0.2) is 0 Å². The van der Waals surface area contributed by atoms with Crippen LogP contribution in [0, 0.1) is 4.64 Å². The first kappa shape index (κ1) is 12.6. The van der Waals surface area contributed by atoms with Crippen molar-refractivity contribution in [3.8, 4) is 22.8 Å². The van der Waals surface area contributed by atoms with Crippen LogP contribution in [-0.4, -0.2) is 10.2 Å². The summed E-state index contributed by atoms with van der Waals surface area (Å²) in [5.41, 5.74) is 1.86. The Hall–Kier alpha value is -2.46. The minimum atomic E-state index is 0.623. The van der Waals surface area contributed by atoms with Gasteiger partial charge in [-0.1, -0.05) is 30.4 Å². The molecule has 1 heterocycles. The number of rotatable bonds is 3. The average Bonchev–Trinajstić information content (AvgIpc) is 2.50. The molecule has 0 saturated heterocycles. The van der Waals surface area contributed by atoms with Gasteiger partial charge in [-0.15, -0.1) is 0 Å². The molecule has 98 valence electrons. The molecule has 3 aromatic rings. The van der Waals surface area contributed by atoms with Gasteiger partial charge >= 0.3 is 0 Å². The second kappa shape index (κ2) is 5.67. The molecule has 3 rings (SSSR count). The zero-order valence-corrected chi connectivity index (χ0v) is 11.4. The minimum Gasteiger partial charge on any atom is -0.457 e. The van der Waals surface area contributed by atoms with Crippen LogP contribution in [0.5, 0.6) is 11.5 Å². The second-order valence-electron chi connectivity index (χ2n) is 4.25. The highest BCUT2D eigenvalue weighted by Gasteiger charge is 2.00. The van der Waals surface area contributed by atoms with Crippen molar-refractivity contribution in [1.82, 2.24) is 10.2 Å². The van der Waals surface area contributed by atoms with Crippen molar-refractivity contribution < 1.29 is 4.74 Å². The molecule has 1 aromatic heterocycles. The quantitative estimate of drug-likeness (QED) is 0.713. The van der Waals surface area contributed by atoms with Crippen LogP contribution in [0.3, 0.4) is 0 Å². The number of hydrogen-bond donors (Lipinski definition) is 1. The van der Waals surface area contributed by atoms with E-state index in [9.17, 15) is 0 Å². The Balaban J connectivity index is 1.81. The topological polar surface area (TPSA) is 37.9 Å². The smallest absolute Gasteiger partial charge is 0.127 e. The van der Waals surface area contributed by atoms with Crippen molar-refractivity contribution in [3.05, 3.63) is 71.4 Å². The van der Waals surface area contributed by atoms with E-state index in [-0.39, 0.29) is 0 Å². The van der Waals surface area contributed by atoms with Gasteiger partial charge in [0, 0.05) is 5.56 Å². The van der Waals surface area contributed by atoms with Crippen LogP contribution in [0.4, 0.5) is 0 Å². The Labute approximate surface area is 121 Å². The molecule has 0 atom stereocenters. The van der Waals surface area contributed by atoms with Gasteiger partial charge in [-0.3, -0.25) is 5.10 Å². The molecule has 20 heavy (non-hydrogen) atoms. The molecule has 2 aromatic carbocycles. The van der Waals surface area contributed by atoms with E-state index in [1.165, 1.54) is 0 Å². The second-order valence-corrected chi connectivity index (χ2v) is 4.69. The lowest BCUT2D eigenvalue weighted by atomic mass is 10.1. The number of nitrogens with zero attached hydrogens (tertiary/aromatic N) is 1. The summed E-state index contributed by atoms with van der Waals surface area (Å²) < 4.78 is 6.37. The Morgan fingerprint density at radius 1 is 0.800 bits per heavy atom. The molecule has 0 radical (unpaired) electrons. The first-order chi connectivity index (χ1) is 9.81. The molecule has 0 aliphatic carbocycles. The number of benzene rings is 2. The third-order valence-corrected chi connectivity index (χ3v) is 3.04. The van der Waals surface area contributed by atoms with Crippen LogP contribution in [0.1, 0.15) is 0 Å². The molecule has 1 N–H and O–H groups in total. The van der Waals surface area contributed by atoms with E-state index in [1.54, 1.807) is 0 Å². The number of aromatic amines is 1. The van der Waals surface area contributed by atoms with Crippen molar-refractivity contribution in [1.29, 1.82) is 0 Å². The van der Waals surface area contributed by atoms with Gasteiger partial charge in [-0.05, 0) is 48.5 Å². The fraction of sp³-hybridized carbons (Fsp3) is 0. The first-order valence-corrected chi connectivity index (χ1v) is 6.61. The molecule has 0 fully saturated rings. The number of hydrogen-bond acceptors (Lipinski definition) is 3. The summed E-state index contributed by atoms with van der Waals surface area (Å²) in [6.45, 7) is 0. The van der Waals surface area contributed by atoms with Crippen molar-refractivity contribution in [3.63, 3.8) is 0 Å². The van der Waals surface area contributed by atoms with Crippen LogP contribution < -0.4 is 4.74 Å². The molecule has 4 heteroatoms. The zero-order chi connectivity index (χ0) is 13.8. The fourth-order valence-electron chi connectivity index (χ4n) is 1.82. The van der Waals surface area contributed by atoms with E-state index in [0.29, 0.717) is 4.64 Å². The zero-order valence-electron chi connectivity index (χ0n) is 10.6. The van der Waals surface area contributed by atoms with Gasteiger partial charge in [-0.2, -0.15) is 5.10 Å². The molecule has 0 saturated carbocycles. The van der Waals surface area contributed by atoms with Crippen LogP contribution in [-0.2, 0) is 0 Å². The molecule has 0 aliphatic rings. The first-order valence-electron chi connectivity index (χ1n) is 6.20. The summed E-state index contributed by atoms with van der Waals surface area (Å²) in [6.07, 6.45) is 0. The van der Waals surface area contributed by atoms with Crippen molar-refractivity contribution >= 4 is 12.2 Å². The maximum atomic E-state index is 5.74. The summed E-state index contributed by atoms with van der Waals surface area (Å²) in [4.78, 5) is 0. The molecule has 0 bridgehead atoms. The van der Waals surface area contributed by atoms with Crippen molar-refractivity contribution in [2.75, 3.05) is 0 Å². The Kier molecular flexibility index (Phi) is 3.56. The molecule has 3 nitrogen and oxygen atoms in total. The van der Waals surface area contributed by atoms with Gasteiger partial charge in [-0.25, -0.2) is 0 Å². The lowest BCUT2D eigenvalue weighted by Gasteiger charge is -2.06. The van der Waals surface area contributed by atoms with Crippen LogP contribution in [0.25, 0.3) is 11.3 Å². The largest absolute Gasteiger partial charge is 0.457 e. The highest BCUT2D eigenvalue weighted by molar-refractivity contribution is 7.71. The summed E-state index contributed by atoms with van der Waals surface area (Å²) in [5.74, 6) is 1.62. The predicted octanol–water partition coefficient (Wildman–Crippen LogP) is 4.60. The van der Waals surface area contributed by atoms with E-state index in [1.807, 2.05) is 66.7 Å².